The fourth-order valence-electron chi connectivity index (χ4n) is 1.82. The van der Waals surface area contributed by atoms with E-state index in [0.717, 1.165) is 24.4 Å². The molecule has 2 N–H and O–H groups in total. The van der Waals surface area contributed by atoms with Gasteiger partial charge in [-0.3, -0.25) is 0 Å². The van der Waals surface area contributed by atoms with Gasteiger partial charge in [0.25, 0.3) is 0 Å². The van der Waals surface area contributed by atoms with Gasteiger partial charge in [0.15, 0.2) is 0 Å². The van der Waals surface area contributed by atoms with Gasteiger partial charge in [-0.2, -0.15) is 0 Å². The van der Waals surface area contributed by atoms with E-state index in [1.165, 1.54) is 6.42 Å². The Morgan fingerprint density at radius 3 is 2.39 bits per heavy atom. The Balaban J connectivity index is 2.23. The van der Waals surface area contributed by atoms with E-state index in [9.17, 15) is 4.79 Å². The second kappa shape index (κ2) is 7.75. The van der Waals surface area contributed by atoms with Gasteiger partial charge in [0, 0.05) is 11.7 Å². The number of amides is 2. The summed E-state index contributed by atoms with van der Waals surface area (Å²) in [5, 5.41) is 5.77. The molecule has 0 saturated heterocycles. The number of hydrogen-bond donors (Lipinski definition) is 2. The summed E-state index contributed by atoms with van der Waals surface area (Å²) in [5.74, 6) is 0.732. The van der Waals surface area contributed by atoms with E-state index in [4.69, 9.17) is 0 Å². The fraction of sp³-hybridized carbons (Fsp3) is 0.533. The van der Waals surface area contributed by atoms with Gasteiger partial charge in [0.2, 0.25) is 0 Å². The summed E-state index contributed by atoms with van der Waals surface area (Å²) < 4.78 is 0. The van der Waals surface area contributed by atoms with Crippen LogP contribution in [0.3, 0.4) is 0 Å². The molecule has 0 bridgehead atoms. The zero-order valence-electron chi connectivity index (χ0n) is 11.6. The molecule has 0 aliphatic rings. The van der Waals surface area contributed by atoms with Crippen molar-refractivity contribution in [1.29, 1.82) is 0 Å². The molecule has 18 heavy (non-hydrogen) atoms. The number of anilines is 1. The highest BCUT2D eigenvalue weighted by Gasteiger charge is 2.07. The smallest absolute Gasteiger partial charge is 0.319 e. The summed E-state index contributed by atoms with van der Waals surface area (Å²) in [6.07, 6.45) is 3.40. The van der Waals surface area contributed by atoms with Crippen LogP contribution in [0.2, 0.25) is 0 Å². The van der Waals surface area contributed by atoms with Crippen molar-refractivity contribution in [2.24, 2.45) is 5.92 Å². The number of nitrogens with one attached hydrogen (secondary N) is 2. The van der Waals surface area contributed by atoms with Gasteiger partial charge in [0.1, 0.15) is 0 Å². The minimum Gasteiger partial charge on any atom is -0.335 e. The Kier molecular flexibility index (Phi) is 6.26. The van der Waals surface area contributed by atoms with Gasteiger partial charge in [-0.25, -0.2) is 4.79 Å². The quantitative estimate of drug-likeness (QED) is 0.784. The number of rotatable bonds is 6. The number of carbonyl (C=O) groups is 1. The molecular formula is C15H24N2O. The van der Waals surface area contributed by atoms with Crippen molar-refractivity contribution >= 4 is 11.7 Å². The Hall–Kier alpha value is -1.51. The zero-order chi connectivity index (χ0) is 13.4. The second-order valence-corrected chi connectivity index (χ2v) is 5.19. The molecule has 0 spiro atoms. The summed E-state index contributed by atoms with van der Waals surface area (Å²) in [5.41, 5.74) is 0.824. The lowest BCUT2D eigenvalue weighted by molar-refractivity contribution is 0.248. The minimum absolute atomic E-state index is 0.127. The third kappa shape index (κ3) is 6.28. The van der Waals surface area contributed by atoms with Crippen LogP contribution in [0.15, 0.2) is 30.3 Å². The number of urea groups is 1. The van der Waals surface area contributed by atoms with E-state index < -0.39 is 0 Å². The highest BCUT2D eigenvalue weighted by molar-refractivity contribution is 5.89. The number of benzene rings is 1. The van der Waals surface area contributed by atoms with Crippen LogP contribution in [0.5, 0.6) is 0 Å². The van der Waals surface area contributed by atoms with Gasteiger partial charge in [-0.1, -0.05) is 44.9 Å². The monoisotopic (exact) mass is 248 g/mol. The van der Waals surface area contributed by atoms with Crippen molar-refractivity contribution in [3.63, 3.8) is 0 Å². The summed E-state index contributed by atoms with van der Waals surface area (Å²) in [6.45, 7) is 6.49. The maximum atomic E-state index is 11.7. The third-order valence-corrected chi connectivity index (χ3v) is 2.83. The summed E-state index contributed by atoms with van der Waals surface area (Å²) in [6, 6.07) is 9.58. The molecule has 100 valence electrons. The van der Waals surface area contributed by atoms with E-state index in [-0.39, 0.29) is 12.1 Å². The molecule has 3 heteroatoms. The fourth-order valence-corrected chi connectivity index (χ4v) is 1.82. The van der Waals surface area contributed by atoms with Crippen LogP contribution in [-0.2, 0) is 0 Å². The second-order valence-electron chi connectivity index (χ2n) is 5.19. The van der Waals surface area contributed by atoms with Crippen LogP contribution in [0.25, 0.3) is 0 Å². The van der Waals surface area contributed by atoms with Gasteiger partial charge in [-0.05, 0) is 31.4 Å². The molecule has 1 aromatic carbocycles. The van der Waals surface area contributed by atoms with Crippen molar-refractivity contribution in [2.75, 3.05) is 5.32 Å². The number of hydrogen-bond acceptors (Lipinski definition) is 1. The molecule has 1 atom stereocenters. The van der Waals surface area contributed by atoms with Gasteiger partial charge in [-0.15, -0.1) is 0 Å². The van der Waals surface area contributed by atoms with Crippen molar-refractivity contribution in [3.8, 4) is 0 Å². The van der Waals surface area contributed by atoms with E-state index in [2.05, 4.69) is 24.5 Å². The van der Waals surface area contributed by atoms with Crippen LogP contribution in [0.1, 0.15) is 40.0 Å². The van der Waals surface area contributed by atoms with E-state index in [0.29, 0.717) is 0 Å². The molecule has 1 unspecified atom stereocenters. The van der Waals surface area contributed by atoms with Crippen LogP contribution in [0, 0.1) is 5.92 Å². The normalized spacial score (nSPS) is 12.2. The van der Waals surface area contributed by atoms with E-state index >= 15 is 0 Å². The summed E-state index contributed by atoms with van der Waals surface area (Å²) in [4.78, 5) is 11.7. The Morgan fingerprint density at radius 2 is 1.78 bits per heavy atom. The molecule has 1 rings (SSSR count). The lowest BCUT2D eigenvalue weighted by atomic mass is 10.0. The molecule has 0 heterocycles. The minimum atomic E-state index is -0.127. The SMILES string of the molecule is CC(C)CCCC(C)NC(=O)Nc1ccccc1. The highest BCUT2D eigenvalue weighted by Crippen LogP contribution is 2.09. The van der Waals surface area contributed by atoms with Gasteiger partial charge >= 0.3 is 6.03 Å². The largest absolute Gasteiger partial charge is 0.335 e. The van der Waals surface area contributed by atoms with Crippen LogP contribution < -0.4 is 10.6 Å². The molecule has 0 radical (unpaired) electrons. The maximum Gasteiger partial charge on any atom is 0.319 e. The standard InChI is InChI=1S/C15H24N2O/c1-12(2)8-7-9-13(3)16-15(18)17-14-10-5-4-6-11-14/h4-6,10-13H,7-9H2,1-3H3,(H2,16,17,18). The Morgan fingerprint density at radius 1 is 1.11 bits per heavy atom. The van der Waals surface area contributed by atoms with E-state index in [1.807, 2.05) is 37.3 Å². The van der Waals surface area contributed by atoms with Crippen molar-refractivity contribution < 1.29 is 4.79 Å². The predicted molar refractivity (Wildman–Crippen MR) is 76.7 cm³/mol. The van der Waals surface area contributed by atoms with Crippen LogP contribution >= 0.6 is 0 Å². The maximum absolute atomic E-state index is 11.7. The summed E-state index contributed by atoms with van der Waals surface area (Å²) >= 11 is 0. The first-order chi connectivity index (χ1) is 8.58. The van der Waals surface area contributed by atoms with Crippen molar-refractivity contribution in [3.05, 3.63) is 30.3 Å². The molecule has 0 fully saturated rings. The number of carbonyl (C=O) groups excluding carboxylic acids is 1. The van der Waals surface area contributed by atoms with Crippen molar-refractivity contribution in [2.45, 2.75) is 46.1 Å². The Labute approximate surface area is 110 Å². The lowest BCUT2D eigenvalue weighted by Gasteiger charge is -2.15. The first-order valence-corrected chi connectivity index (χ1v) is 6.70. The average Bonchev–Trinajstić information content (AvgIpc) is 2.29. The number of para-hydroxylation sites is 1. The van der Waals surface area contributed by atoms with E-state index in [1.54, 1.807) is 0 Å². The Bertz CT molecular complexity index is 349. The van der Waals surface area contributed by atoms with Gasteiger partial charge in [0.05, 0.1) is 0 Å². The van der Waals surface area contributed by atoms with Gasteiger partial charge < -0.3 is 10.6 Å². The van der Waals surface area contributed by atoms with Crippen LogP contribution in [-0.4, -0.2) is 12.1 Å². The predicted octanol–water partition coefficient (Wildman–Crippen LogP) is 4.02. The third-order valence-electron chi connectivity index (χ3n) is 2.83. The van der Waals surface area contributed by atoms with Crippen LogP contribution in [0.4, 0.5) is 10.5 Å². The molecule has 3 nitrogen and oxygen atoms in total. The van der Waals surface area contributed by atoms with Crippen molar-refractivity contribution in [1.82, 2.24) is 5.32 Å². The molecule has 0 saturated carbocycles. The molecule has 1 aromatic rings. The molecule has 0 aliphatic heterocycles. The molecular weight excluding hydrogens is 224 g/mol. The molecule has 2 amide bonds. The zero-order valence-corrected chi connectivity index (χ0v) is 11.6. The topological polar surface area (TPSA) is 41.1 Å². The lowest BCUT2D eigenvalue weighted by Crippen LogP contribution is -2.36. The summed E-state index contributed by atoms with van der Waals surface area (Å²) in [7, 11) is 0. The average molecular weight is 248 g/mol. The molecule has 0 aliphatic carbocycles. The highest BCUT2D eigenvalue weighted by atomic mass is 16.2. The molecule has 0 aromatic heterocycles. The first-order valence-electron chi connectivity index (χ1n) is 6.70. The first kappa shape index (κ1) is 14.6.